The standard InChI is InChI=1S/C17H16N2O3.C17H16N2O2S.C2H6/c2*1-17(2,16(20)21)22-15-10-11-18-19(15)14-9-5-7-12-6-3-4-8-13(12)14;1-2/h2*3-11H,1-2H3,(H,20,21);1-2H3. The Labute approximate surface area is 272 Å². The number of hydrogen-bond donors (Lipinski definition) is 2. The Morgan fingerprint density at radius 2 is 1.13 bits per heavy atom. The molecule has 0 aliphatic rings. The van der Waals surface area contributed by atoms with Gasteiger partial charge in [-0.05, 0) is 56.7 Å². The molecule has 6 rings (SSSR count). The predicted octanol–water partition coefficient (Wildman–Crippen LogP) is 8.27. The lowest BCUT2D eigenvalue weighted by Gasteiger charge is -2.22. The summed E-state index contributed by atoms with van der Waals surface area (Å²) in [5.41, 5.74) is 0.466. The Balaban J connectivity index is 0.000000198. The summed E-state index contributed by atoms with van der Waals surface area (Å²) >= 11 is 1.29. The molecule has 0 atom stereocenters. The van der Waals surface area contributed by atoms with Crippen molar-refractivity contribution in [1.82, 2.24) is 19.6 Å². The van der Waals surface area contributed by atoms with Crippen LogP contribution in [0.5, 0.6) is 5.88 Å². The highest BCUT2D eigenvalue weighted by atomic mass is 32.2. The van der Waals surface area contributed by atoms with Gasteiger partial charge >= 0.3 is 11.9 Å². The first-order chi connectivity index (χ1) is 22.0. The minimum atomic E-state index is -1.33. The average Bonchev–Trinajstić information content (AvgIpc) is 3.70. The van der Waals surface area contributed by atoms with E-state index >= 15 is 0 Å². The maximum absolute atomic E-state index is 11.4. The molecule has 0 saturated heterocycles. The van der Waals surface area contributed by atoms with Crippen molar-refractivity contribution in [3.8, 4) is 17.3 Å². The van der Waals surface area contributed by atoms with Crippen LogP contribution in [0.15, 0.2) is 114 Å². The quantitative estimate of drug-likeness (QED) is 0.160. The summed E-state index contributed by atoms with van der Waals surface area (Å²) in [7, 11) is 0. The zero-order valence-corrected chi connectivity index (χ0v) is 27.5. The Morgan fingerprint density at radius 3 is 1.67 bits per heavy atom. The molecule has 0 unspecified atom stereocenters. The van der Waals surface area contributed by atoms with Gasteiger partial charge in [-0.2, -0.15) is 10.2 Å². The molecule has 2 aromatic heterocycles. The topological polar surface area (TPSA) is 119 Å². The molecular formula is C36H38N4O5S. The largest absolute Gasteiger partial charge is 0.480 e. The molecule has 6 aromatic rings. The van der Waals surface area contributed by atoms with Gasteiger partial charge in [-0.3, -0.25) is 4.79 Å². The van der Waals surface area contributed by atoms with Crippen LogP contribution in [-0.4, -0.2) is 52.1 Å². The van der Waals surface area contributed by atoms with Crippen LogP contribution < -0.4 is 4.74 Å². The smallest absolute Gasteiger partial charge is 0.347 e. The van der Waals surface area contributed by atoms with Gasteiger partial charge < -0.3 is 14.9 Å². The Morgan fingerprint density at radius 1 is 0.652 bits per heavy atom. The fourth-order valence-electron chi connectivity index (χ4n) is 4.50. The summed E-state index contributed by atoms with van der Waals surface area (Å²) in [4.78, 5) is 22.6. The van der Waals surface area contributed by atoms with Gasteiger partial charge in [-0.15, -0.1) is 0 Å². The predicted molar refractivity (Wildman–Crippen MR) is 183 cm³/mol. The maximum atomic E-state index is 11.4. The second-order valence-electron chi connectivity index (χ2n) is 11.0. The molecule has 0 aliphatic heterocycles. The van der Waals surface area contributed by atoms with Gasteiger partial charge in [0.05, 0.1) is 23.8 Å². The summed E-state index contributed by atoms with van der Waals surface area (Å²) in [5.74, 6) is -1.48. The van der Waals surface area contributed by atoms with Crippen molar-refractivity contribution in [1.29, 1.82) is 0 Å². The third-order valence-electron chi connectivity index (χ3n) is 6.96. The molecule has 0 amide bonds. The second-order valence-corrected chi connectivity index (χ2v) is 12.6. The number of carbonyl (C=O) groups is 2. The molecular weight excluding hydrogens is 600 g/mol. The van der Waals surface area contributed by atoms with Gasteiger partial charge in [0.25, 0.3) is 0 Å². The number of hydrogen-bond acceptors (Lipinski definition) is 6. The molecule has 238 valence electrons. The van der Waals surface area contributed by atoms with Crippen LogP contribution in [0.1, 0.15) is 41.5 Å². The monoisotopic (exact) mass is 638 g/mol. The van der Waals surface area contributed by atoms with Crippen molar-refractivity contribution >= 4 is 45.2 Å². The number of aliphatic carboxylic acids is 2. The van der Waals surface area contributed by atoms with Crippen molar-refractivity contribution in [3.63, 3.8) is 0 Å². The van der Waals surface area contributed by atoms with Gasteiger partial charge in [0.1, 0.15) is 9.77 Å². The number of thioether (sulfide) groups is 1. The molecule has 0 aliphatic carbocycles. The molecule has 0 spiro atoms. The third kappa shape index (κ3) is 7.40. The molecule has 9 nitrogen and oxygen atoms in total. The number of carboxylic acids is 2. The van der Waals surface area contributed by atoms with E-state index < -0.39 is 22.3 Å². The van der Waals surface area contributed by atoms with Gasteiger partial charge in [0, 0.05) is 16.8 Å². The SMILES string of the molecule is CC.CC(C)(Oc1ccnn1-c1cccc2ccccc12)C(=O)O.CC(C)(Sc1ccnn1-c1cccc2ccccc12)C(=O)O. The second kappa shape index (κ2) is 14.3. The lowest BCUT2D eigenvalue weighted by molar-refractivity contribution is -0.152. The molecule has 0 radical (unpaired) electrons. The number of fused-ring (bicyclic) bond motifs is 2. The highest BCUT2D eigenvalue weighted by molar-refractivity contribution is 8.01. The minimum Gasteiger partial charge on any atom is -0.480 e. The van der Waals surface area contributed by atoms with Crippen molar-refractivity contribution < 1.29 is 24.5 Å². The summed E-state index contributed by atoms with van der Waals surface area (Å²) in [6, 6.07) is 31.4. The highest BCUT2D eigenvalue weighted by Crippen LogP contribution is 2.35. The lowest BCUT2D eigenvalue weighted by Crippen LogP contribution is -2.38. The van der Waals surface area contributed by atoms with Crippen molar-refractivity contribution in [2.75, 3.05) is 0 Å². The average molecular weight is 639 g/mol. The van der Waals surface area contributed by atoms with E-state index in [1.165, 1.54) is 25.6 Å². The van der Waals surface area contributed by atoms with Gasteiger partial charge in [-0.1, -0.05) is 98.4 Å². The van der Waals surface area contributed by atoms with Crippen LogP contribution in [0.3, 0.4) is 0 Å². The van der Waals surface area contributed by atoms with Crippen LogP contribution in [0.2, 0.25) is 0 Å². The number of rotatable bonds is 8. The molecule has 0 fully saturated rings. The van der Waals surface area contributed by atoms with Gasteiger partial charge in [0.2, 0.25) is 11.5 Å². The van der Waals surface area contributed by atoms with E-state index in [2.05, 4.69) is 22.3 Å². The molecule has 10 heteroatoms. The normalized spacial score (nSPS) is 11.3. The number of aromatic nitrogens is 4. The maximum Gasteiger partial charge on any atom is 0.347 e. The van der Waals surface area contributed by atoms with E-state index in [0.29, 0.717) is 5.88 Å². The lowest BCUT2D eigenvalue weighted by atomic mass is 10.1. The summed E-state index contributed by atoms with van der Waals surface area (Å²) in [5, 5.41) is 32.3. The third-order valence-corrected chi connectivity index (χ3v) is 8.16. The number of benzene rings is 4. The number of carboxylic acid groups (broad SMARTS) is 2. The molecule has 0 saturated carbocycles. The van der Waals surface area contributed by atoms with Gasteiger partial charge in [-0.25, -0.2) is 14.2 Å². The molecule has 4 aromatic carbocycles. The van der Waals surface area contributed by atoms with Crippen LogP contribution >= 0.6 is 11.8 Å². The van der Waals surface area contributed by atoms with Crippen LogP contribution in [-0.2, 0) is 9.59 Å². The van der Waals surface area contributed by atoms with Gasteiger partial charge in [0.15, 0.2) is 0 Å². The zero-order valence-electron chi connectivity index (χ0n) is 26.7. The van der Waals surface area contributed by atoms with Crippen LogP contribution in [0.25, 0.3) is 32.9 Å². The van der Waals surface area contributed by atoms with E-state index in [4.69, 9.17) is 4.74 Å². The van der Waals surface area contributed by atoms with E-state index in [9.17, 15) is 19.8 Å². The number of nitrogens with zero attached hydrogens (tertiary/aromatic N) is 4. The molecule has 0 bridgehead atoms. The molecule has 46 heavy (non-hydrogen) atoms. The van der Waals surface area contributed by atoms with Crippen molar-refractivity contribution in [2.24, 2.45) is 0 Å². The van der Waals surface area contributed by atoms with E-state index in [-0.39, 0.29) is 0 Å². The summed E-state index contributed by atoms with van der Waals surface area (Å²) in [6.45, 7) is 10.4. The number of ether oxygens (including phenoxy) is 1. The van der Waals surface area contributed by atoms with Crippen molar-refractivity contribution in [3.05, 3.63) is 109 Å². The van der Waals surface area contributed by atoms with E-state index in [1.54, 1.807) is 41.7 Å². The van der Waals surface area contributed by atoms with Crippen molar-refractivity contribution in [2.45, 2.75) is 56.9 Å². The zero-order chi connectivity index (χ0) is 33.5. The summed E-state index contributed by atoms with van der Waals surface area (Å²) in [6.07, 6.45) is 3.29. The fraction of sp³-hybridized carbons (Fsp3) is 0.222. The minimum absolute atomic E-state index is 0.392. The first kappa shape index (κ1) is 33.8. The summed E-state index contributed by atoms with van der Waals surface area (Å²) < 4.78 is 8.15. The Bertz CT molecular complexity index is 1810. The van der Waals surface area contributed by atoms with E-state index in [1.807, 2.05) is 92.7 Å². The Hall–Kier alpha value is -5.09. The van der Waals surface area contributed by atoms with Crippen LogP contribution in [0.4, 0.5) is 0 Å². The highest BCUT2D eigenvalue weighted by Gasteiger charge is 2.31. The van der Waals surface area contributed by atoms with E-state index in [0.717, 1.165) is 37.9 Å². The van der Waals surface area contributed by atoms with Crippen LogP contribution in [0, 0.1) is 0 Å². The fourth-order valence-corrected chi connectivity index (χ4v) is 5.47. The molecule has 2 N–H and O–H groups in total. The molecule has 2 heterocycles. The first-order valence-corrected chi connectivity index (χ1v) is 15.7. The first-order valence-electron chi connectivity index (χ1n) is 14.9. The Kier molecular flexibility index (Phi) is 10.5.